The molecule has 1 heterocycles. The Balaban J connectivity index is 1.51. The summed E-state index contributed by atoms with van der Waals surface area (Å²) >= 11 is 1.27. The Morgan fingerprint density at radius 1 is 0.925 bits per heavy atom. The normalized spacial score (nSPS) is 15.7. The Hall–Kier alpha value is -4.31. The number of anilines is 1. The number of thioether (sulfide) groups is 1. The number of carbonyl (C=O) groups excluding carboxylic acids is 3. The van der Waals surface area contributed by atoms with E-state index < -0.39 is 5.25 Å². The van der Waals surface area contributed by atoms with Crippen LogP contribution in [0.15, 0.2) is 71.7 Å². The molecule has 1 fully saturated rings. The first-order chi connectivity index (χ1) is 19.3. The molecule has 1 aliphatic rings. The fraction of sp³-hybridized carbons (Fsp3) is 0.267. The van der Waals surface area contributed by atoms with Crippen LogP contribution in [0.1, 0.15) is 29.3 Å². The van der Waals surface area contributed by atoms with E-state index in [1.165, 1.54) is 18.7 Å². The second kappa shape index (κ2) is 13.2. The number of aliphatic imine (C=N–C) groups is 1. The van der Waals surface area contributed by atoms with Gasteiger partial charge < -0.3 is 19.5 Å². The quantitative estimate of drug-likeness (QED) is 0.324. The number of nitrogens with zero attached hydrogens (tertiary/aromatic N) is 2. The van der Waals surface area contributed by atoms with Gasteiger partial charge in [0.05, 0.1) is 27.0 Å². The van der Waals surface area contributed by atoms with E-state index in [1.54, 1.807) is 62.6 Å². The second-order valence-corrected chi connectivity index (χ2v) is 10.2. The molecule has 1 saturated heterocycles. The third-order valence-electron chi connectivity index (χ3n) is 6.34. The summed E-state index contributed by atoms with van der Waals surface area (Å²) in [6.07, 6.45) is 0.530. The van der Waals surface area contributed by atoms with Gasteiger partial charge in [0.15, 0.2) is 22.4 Å². The molecule has 1 N–H and O–H groups in total. The highest BCUT2D eigenvalue weighted by Crippen LogP contribution is 2.33. The maximum Gasteiger partial charge on any atom is 0.242 e. The van der Waals surface area contributed by atoms with E-state index in [2.05, 4.69) is 5.32 Å². The number of amides is 2. The van der Waals surface area contributed by atoms with Crippen LogP contribution in [0.2, 0.25) is 0 Å². The molecular weight excluding hydrogens is 530 g/mol. The van der Waals surface area contributed by atoms with Gasteiger partial charge in [0.2, 0.25) is 11.8 Å². The minimum absolute atomic E-state index is 0.0214. The molecule has 10 heteroatoms. The highest BCUT2D eigenvalue weighted by atomic mass is 32.2. The number of Topliss-reactive ketones (excluding diaryl/α,β-unsaturated/α-hetero) is 1. The summed E-state index contributed by atoms with van der Waals surface area (Å²) in [5.74, 6) is 1.41. The maximum absolute atomic E-state index is 13.5. The molecular formula is C30H31N3O6S. The zero-order valence-electron chi connectivity index (χ0n) is 22.8. The number of nitrogens with one attached hydrogen (secondary N) is 1. The molecule has 3 aromatic rings. The van der Waals surface area contributed by atoms with Gasteiger partial charge in [-0.15, -0.1) is 0 Å². The first-order valence-corrected chi connectivity index (χ1v) is 13.5. The molecule has 1 aliphatic heterocycles. The number of methoxy groups -OCH3 is 3. The molecule has 0 spiro atoms. The van der Waals surface area contributed by atoms with Crippen LogP contribution in [0.3, 0.4) is 0 Å². The van der Waals surface area contributed by atoms with Crippen molar-refractivity contribution in [3.63, 3.8) is 0 Å². The number of ketones is 1. The number of rotatable bonds is 11. The van der Waals surface area contributed by atoms with Gasteiger partial charge >= 0.3 is 0 Å². The molecule has 208 valence electrons. The van der Waals surface area contributed by atoms with Gasteiger partial charge in [-0.2, -0.15) is 0 Å². The molecule has 0 aromatic heterocycles. The van der Waals surface area contributed by atoms with Crippen molar-refractivity contribution in [2.75, 3.05) is 33.2 Å². The topological polar surface area (TPSA) is 107 Å². The van der Waals surface area contributed by atoms with Gasteiger partial charge in [-0.1, -0.05) is 17.8 Å². The Morgan fingerprint density at radius 3 is 2.25 bits per heavy atom. The summed E-state index contributed by atoms with van der Waals surface area (Å²) in [6, 6.07) is 19.5. The summed E-state index contributed by atoms with van der Waals surface area (Å²) in [6.45, 7) is 1.86. The summed E-state index contributed by atoms with van der Waals surface area (Å²) in [7, 11) is 4.75. The van der Waals surface area contributed by atoms with Gasteiger partial charge in [-0.05, 0) is 79.6 Å². The van der Waals surface area contributed by atoms with Crippen LogP contribution in [0.25, 0.3) is 0 Å². The van der Waals surface area contributed by atoms with E-state index in [-0.39, 0.29) is 24.0 Å². The van der Waals surface area contributed by atoms with E-state index >= 15 is 0 Å². The minimum atomic E-state index is -0.626. The standard InChI is InChI=1S/C30H31N3O6S/c1-19(34)21-6-8-22(9-7-21)31-28(35)18-27-29(36)33(16-15-20-5-14-25(38-3)26(17-20)39-4)30(40-27)32-23-10-12-24(37-2)13-11-23/h5-14,17,27H,15-16,18H2,1-4H3,(H,31,35)/t27-/m0/s1. The van der Waals surface area contributed by atoms with Crippen LogP contribution in [0.5, 0.6) is 17.2 Å². The van der Waals surface area contributed by atoms with Crippen molar-refractivity contribution in [1.29, 1.82) is 0 Å². The average Bonchev–Trinajstić information content (AvgIpc) is 3.25. The number of amidine groups is 1. The van der Waals surface area contributed by atoms with Crippen LogP contribution < -0.4 is 19.5 Å². The molecule has 9 nitrogen and oxygen atoms in total. The highest BCUT2D eigenvalue weighted by molar-refractivity contribution is 8.15. The van der Waals surface area contributed by atoms with Crippen molar-refractivity contribution in [1.82, 2.24) is 4.90 Å². The van der Waals surface area contributed by atoms with Gasteiger partial charge in [0, 0.05) is 24.2 Å². The number of carbonyl (C=O) groups is 3. The lowest BCUT2D eigenvalue weighted by atomic mass is 10.1. The number of benzene rings is 3. The predicted molar refractivity (Wildman–Crippen MR) is 156 cm³/mol. The summed E-state index contributed by atoms with van der Waals surface area (Å²) < 4.78 is 16.0. The molecule has 0 radical (unpaired) electrons. The van der Waals surface area contributed by atoms with E-state index in [1.807, 2.05) is 30.3 Å². The summed E-state index contributed by atoms with van der Waals surface area (Å²) in [5.41, 5.74) is 2.75. The maximum atomic E-state index is 13.5. The first kappa shape index (κ1) is 28.7. The monoisotopic (exact) mass is 561 g/mol. The van der Waals surface area contributed by atoms with E-state index in [0.717, 1.165) is 5.56 Å². The van der Waals surface area contributed by atoms with Crippen molar-refractivity contribution >= 4 is 45.9 Å². The molecule has 0 bridgehead atoms. The fourth-order valence-electron chi connectivity index (χ4n) is 4.14. The first-order valence-electron chi connectivity index (χ1n) is 12.6. The molecule has 40 heavy (non-hydrogen) atoms. The molecule has 0 unspecified atom stereocenters. The highest BCUT2D eigenvalue weighted by Gasteiger charge is 2.39. The van der Waals surface area contributed by atoms with Crippen molar-refractivity contribution in [3.05, 3.63) is 77.9 Å². The predicted octanol–water partition coefficient (Wildman–Crippen LogP) is 5.12. The van der Waals surface area contributed by atoms with Crippen molar-refractivity contribution in [2.24, 2.45) is 4.99 Å². The van der Waals surface area contributed by atoms with E-state index in [4.69, 9.17) is 19.2 Å². The lowest BCUT2D eigenvalue weighted by Crippen LogP contribution is -2.35. The molecule has 0 aliphatic carbocycles. The molecule has 0 saturated carbocycles. The fourth-order valence-corrected chi connectivity index (χ4v) is 5.33. The Labute approximate surface area is 237 Å². The van der Waals surface area contributed by atoms with Crippen molar-refractivity contribution in [2.45, 2.75) is 25.0 Å². The molecule has 3 aromatic carbocycles. The van der Waals surface area contributed by atoms with E-state index in [0.29, 0.717) is 52.3 Å². The number of hydrogen-bond donors (Lipinski definition) is 1. The van der Waals surface area contributed by atoms with Crippen LogP contribution in [-0.2, 0) is 16.0 Å². The lowest BCUT2D eigenvalue weighted by molar-refractivity contribution is -0.128. The van der Waals surface area contributed by atoms with Gasteiger partial charge in [0.25, 0.3) is 0 Å². The van der Waals surface area contributed by atoms with Crippen LogP contribution >= 0.6 is 11.8 Å². The van der Waals surface area contributed by atoms with Gasteiger partial charge in [0.1, 0.15) is 11.0 Å². The van der Waals surface area contributed by atoms with Crippen molar-refractivity contribution in [3.8, 4) is 17.2 Å². The number of hydrogen-bond acceptors (Lipinski definition) is 8. The minimum Gasteiger partial charge on any atom is -0.497 e. The largest absolute Gasteiger partial charge is 0.497 e. The van der Waals surface area contributed by atoms with Crippen LogP contribution in [-0.4, -0.2) is 60.8 Å². The molecule has 2 amide bonds. The molecule has 4 rings (SSSR count). The zero-order chi connectivity index (χ0) is 28.6. The SMILES string of the molecule is COc1ccc(N=C2S[C@@H](CC(=O)Nc3ccc(C(C)=O)cc3)C(=O)N2CCc2ccc(OC)c(OC)c2)cc1. The second-order valence-electron chi connectivity index (χ2n) is 9.01. The zero-order valence-corrected chi connectivity index (χ0v) is 23.6. The average molecular weight is 562 g/mol. The Bertz CT molecular complexity index is 1410. The summed E-state index contributed by atoms with van der Waals surface area (Å²) in [4.78, 5) is 44.2. The smallest absolute Gasteiger partial charge is 0.242 e. The summed E-state index contributed by atoms with van der Waals surface area (Å²) in [5, 5.41) is 2.72. The lowest BCUT2D eigenvalue weighted by Gasteiger charge is -2.17. The number of ether oxygens (including phenoxy) is 3. The third-order valence-corrected chi connectivity index (χ3v) is 7.51. The van der Waals surface area contributed by atoms with Gasteiger partial charge in [-0.25, -0.2) is 4.99 Å². The third kappa shape index (κ3) is 7.01. The Kier molecular flexibility index (Phi) is 9.44. The van der Waals surface area contributed by atoms with Crippen LogP contribution in [0, 0.1) is 0 Å². The van der Waals surface area contributed by atoms with E-state index in [9.17, 15) is 14.4 Å². The van der Waals surface area contributed by atoms with Crippen LogP contribution in [0.4, 0.5) is 11.4 Å². The van der Waals surface area contributed by atoms with Gasteiger partial charge in [-0.3, -0.25) is 19.3 Å². The van der Waals surface area contributed by atoms with Crippen molar-refractivity contribution < 1.29 is 28.6 Å². The Morgan fingerprint density at radius 2 is 1.62 bits per heavy atom. The molecule has 1 atom stereocenters.